The molecule has 8 nitrogen and oxygen atoms in total. The number of aryl methyl sites for hydroxylation is 2. The van der Waals surface area contributed by atoms with Gasteiger partial charge in [0.15, 0.2) is 17.3 Å². The number of oxazole rings is 1. The highest BCUT2D eigenvalue weighted by Crippen LogP contribution is 2.23. The molecule has 0 aromatic carbocycles. The summed E-state index contributed by atoms with van der Waals surface area (Å²) in [6.07, 6.45) is 2.13. The molecule has 1 aliphatic rings. The van der Waals surface area contributed by atoms with Crippen molar-refractivity contribution >= 4 is 5.91 Å². The molecule has 8 heteroatoms. The summed E-state index contributed by atoms with van der Waals surface area (Å²) in [6.45, 7) is 8.86. The van der Waals surface area contributed by atoms with Crippen LogP contribution >= 0.6 is 0 Å². The van der Waals surface area contributed by atoms with Crippen LogP contribution in [0.1, 0.15) is 48.8 Å². The zero-order valence-electron chi connectivity index (χ0n) is 15.0. The molecule has 1 amide bonds. The number of aromatic nitrogens is 3. The molecule has 3 rings (SSSR count). The van der Waals surface area contributed by atoms with Gasteiger partial charge in [0, 0.05) is 12.5 Å². The summed E-state index contributed by atoms with van der Waals surface area (Å²) in [5.41, 5.74) is 0.301. The van der Waals surface area contributed by atoms with Crippen molar-refractivity contribution in [1.82, 2.24) is 19.7 Å². The Balaban J connectivity index is 1.69. The molecule has 1 N–H and O–H groups in total. The topological polar surface area (TPSA) is 93.6 Å². The minimum absolute atomic E-state index is 0.107. The van der Waals surface area contributed by atoms with Gasteiger partial charge in [-0.2, -0.15) is 5.10 Å². The van der Waals surface area contributed by atoms with Gasteiger partial charge < -0.3 is 19.2 Å². The normalized spacial score (nSPS) is 20.5. The highest BCUT2D eigenvalue weighted by Gasteiger charge is 2.37. The van der Waals surface area contributed by atoms with Crippen LogP contribution in [0.25, 0.3) is 0 Å². The van der Waals surface area contributed by atoms with E-state index in [1.807, 2.05) is 20.8 Å². The van der Waals surface area contributed by atoms with E-state index in [2.05, 4.69) is 10.1 Å². The number of amides is 1. The fraction of sp³-hybridized carbons (Fsp3) is 0.588. The number of carbonyl (C=O) groups is 1. The maximum atomic E-state index is 12.7. The minimum Gasteiger partial charge on any atom is -0.482 e. The highest BCUT2D eigenvalue weighted by molar-refractivity contribution is 5.93. The van der Waals surface area contributed by atoms with Crippen molar-refractivity contribution in [3.63, 3.8) is 0 Å². The number of carbonyl (C=O) groups excluding carboxylic acids is 1. The molecule has 0 saturated carbocycles. The van der Waals surface area contributed by atoms with E-state index in [1.165, 1.54) is 0 Å². The maximum Gasteiger partial charge on any atom is 0.276 e. The number of aliphatic hydroxyl groups excluding tert-OH is 1. The van der Waals surface area contributed by atoms with Gasteiger partial charge in [0.1, 0.15) is 18.0 Å². The van der Waals surface area contributed by atoms with E-state index in [4.69, 9.17) is 9.15 Å². The number of hydrogen-bond donors (Lipinski definition) is 1. The average Bonchev–Trinajstić information content (AvgIpc) is 3.27. The quantitative estimate of drug-likeness (QED) is 0.882. The number of β-amino-alcohol motifs (C(OH)–C–C–N with tert-alkyl or cyclic N) is 1. The van der Waals surface area contributed by atoms with Crippen LogP contribution in [-0.2, 0) is 6.54 Å². The van der Waals surface area contributed by atoms with Gasteiger partial charge in [0.05, 0.1) is 25.5 Å². The molecule has 2 aromatic heterocycles. The first kappa shape index (κ1) is 17.5. The summed E-state index contributed by atoms with van der Waals surface area (Å²) in [6, 6.07) is 0. The SMILES string of the molecule is CCn1cc(O[C@@H]2CN(C(=O)c3nc(C(C)C)oc3C)C[C@H]2O)cn1. The first-order chi connectivity index (χ1) is 11.9. The summed E-state index contributed by atoms with van der Waals surface area (Å²) in [5, 5.41) is 14.4. The number of hydrogen-bond acceptors (Lipinski definition) is 6. The molecule has 136 valence electrons. The summed E-state index contributed by atoms with van der Waals surface area (Å²) in [4.78, 5) is 18.6. The first-order valence-electron chi connectivity index (χ1n) is 8.52. The van der Waals surface area contributed by atoms with Gasteiger partial charge in [-0.3, -0.25) is 9.48 Å². The molecule has 1 saturated heterocycles. The van der Waals surface area contributed by atoms with Crippen LogP contribution in [0.2, 0.25) is 0 Å². The molecule has 0 spiro atoms. The maximum absolute atomic E-state index is 12.7. The zero-order valence-corrected chi connectivity index (χ0v) is 15.0. The van der Waals surface area contributed by atoms with Crippen LogP contribution in [-0.4, -0.2) is 56.0 Å². The molecule has 0 bridgehead atoms. The summed E-state index contributed by atoms with van der Waals surface area (Å²) >= 11 is 0. The fourth-order valence-electron chi connectivity index (χ4n) is 2.80. The number of likely N-dealkylation sites (tertiary alicyclic amines) is 1. The van der Waals surface area contributed by atoms with Gasteiger partial charge in [0.2, 0.25) is 0 Å². The van der Waals surface area contributed by atoms with Crippen LogP contribution in [0, 0.1) is 6.92 Å². The molecule has 3 heterocycles. The second kappa shape index (κ2) is 6.87. The van der Waals surface area contributed by atoms with E-state index in [0.717, 1.165) is 6.54 Å². The standard InChI is InChI=1S/C17H24N4O4/c1-5-21-7-12(6-18-21)25-14-9-20(8-13(14)22)17(23)15-11(4)24-16(19-15)10(2)3/h6-7,10,13-14,22H,5,8-9H2,1-4H3/t13-,14-/m1/s1. The van der Waals surface area contributed by atoms with Crippen LogP contribution < -0.4 is 4.74 Å². The van der Waals surface area contributed by atoms with Gasteiger partial charge in [-0.05, 0) is 13.8 Å². The van der Waals surface area contributed by atoms with Crippen molar-refractivity contribution in [2.24, 2.45) is 0 Å². The lowest BCUT2D eigenvalue weighted by atomic mass is 10.2. The minimum atomic E-state index is -0.759. The third-order valence-corrected chi connectivity index (χ3v) is 4.25. The van der Waals surface area contributed by atoms with Crippen molar-refractivity contribution < 1.29 is 19.1 Å². The van der Waals surface area contributed by atoms with Crippen LogP contribution in [0.4, 0.5) is 0 Å². The van der Waals surface area contributed by atoms with Crippen molar-refractivity contribution in [3.8, 4) is 5.75 Å². The summed E-state index contributed by atoms with van der Waals surface area (Å²) in [5.74, 6) is 1.48. The van der Waals surface area contributed by atoms with Crippen molar-refractivity contribution in [2.45, 2.75) is 52.4 Å². The highest BCUT2D eigenvalue weighted by atomic mass is 16.5. The summed E-state index contributed by atoms with van der Waals surface area (Å²) in [7, 11) is 0. The fourth-order valence-corrected chi connectivity index (χ4v) is 2.80. The molecule has 0 aliphatic carbocycles. The number of aliphatic hydroxyl groups is 1. The molecular weight excluding hydrogens is 324 g/mol. The molecular formula is C17H24N4O4. The third kappa shape index (κ3) is 3.53. The Hall–Kier alpha value is -2.35. The van der Waals surface area contributed by atoms with Crippen LogP contribution in [0.3, 0.4) is 0 Å². The molecule has 2 atom stereocenters. The Kier molecular flexibility index (Phi) is 4.80. The summed E-state index contributed by atoms with van der Waals surface area (Å²) < 4.78 is 13.1. The van der Waals surface area contributed by atoms with Crippen molar-refractivity contribution in [3.05, 3.63) is 29.7 Å². The lowest BCUT2D eigenvalue weighted by Crippen LogP contribution is -2.31. The van der Waals surface area contributed by atoms with Gasteiger partial charge in [-0.1, -0.05) is 13.8 Å². The molecule has 0 radical (unpaired) electrons. The second-order valence-corrected chi connectivity index (χ2v) is 6.58. The van der Waals surface area contributed by atoms with Crippen LogP contribution in [0.15, 0.2) is 16.8 Å². The Labute approximate surface area is 146 Å². The van der Waals surface area contributed by atoms with Crippen molar-refractivity contribution in [2.75, 3.05) is 13.1 Å². The van der Waals surface area contributed by atoms with Gasteiger partial charge >= 0.3 is 0 Å². The monoisotopic (exact) mass is 348 g/mol. The van der Waals surface area contributed by atoms with Crippen LogP contribution in [0.5, 0.6) is 5.75 Å². The molecule has 25 heavy (non-hydrogen) atoms. The Morgan fingerprint density at radius 1 is 1.48 bits per heavy atom. The van der Waals surface area contributed by atoms with Crippen molar-refractivity contribution in [1.29, 1.82) is 0 Å². The van der Waals surface area contributed by atoms with Gasteiger partial charge in [-0.15, -0.1) is 0 Å². The van der Waals surface area contributed by atoms with Gasteiger partial charge in [-0.25, -0.2) is 4.98 Å². The lowest BCUT2D eigenvalue weighted by Gasteiger charge is -2.15. The number of nitrogens with zero attached hydrogens (tertiary/aromatic N) is 4. The molecule has 1 aliphatic heterocycles. The first-order valence-corrected chi connectivity index (χ1v) is 8.52. The molecule has 0 unspecified atom stereocenters. The Morgan fingerprint density at radius 3 is 2.84 bits per heavy atom. The average molecular weight is 348 g/mol. The predicted octanol–water partition coefficient (Wildman–Crippen LogP) is 1.59. The smallest absolute Gasteiger partial charge is 0.276 e. The lowest BCUT2D eigenvalue weighted by molar-refractivity contribution is 0.0727. The number of rotatable bonds is 5. The van der Waals surface area contributed by atoms with E-state index >= 15 is 0 Å². The van der Waals surface area contributed by atoms with Gasteiger partial charge in [0.25, 0.3) is 5.91 Å². The molecule has 2 aromatic rings. The second-order valence-electron chi connectivity index (χ2n) is 6.58. The Morgan fingerprint density at radius 2 is 2.24 bits per heavy atom. The van der Waals surface area contributed by atoms with E-state index in [1.54, 1.807) is 28.9 Å². The van der Waals surface area contributed by atoms with E-state index in [9.17, 15) is 9.90 Å². The van der Waals surface area contributed by atoms with E-state index in [0.29, 0.717) is 29.6 Å². The van der Waals surface area contributed by atoms with E-state index < -0.39 is 12.2 Å². The Bertz CT molecular complexity index is 752. The largest absolute Gasteiger partial charge is 0.482 e. The third-order valence-electron chi connectivity index (χ3n) is 4.25. The molecule has 1 fully saturated rings. The zero-order chi connectivity index (χ0) is 18.1. The number of ether oxygens (including phenoxy) is 1. The van der Waals surface area contributed by atoms with E-state index in [-0.39, 0.29) is 18.4 Å². The predicted molar refractivity (Wildman–Crippen MR) is 89.6 cm³/mol.